The van der Waals surface area contributed by atoms with Crippen molar-refractivity contribution in [1.29, 1.82) is 0 Å². The van der Waals surface area contributed by atoms with Crippen LogP contribution in [0, 0.1) is 13.8 Å². The molecule has 0 bridgehead atoms. The Kier molecular flexibility index (Phi) is 2.67. The van der Waals surface area contributed by atoms with Crippen LogP contribution in [0.2, 0.25) is 0 Å². The molecule has 0 unspecified atom stereocenters. The van der Waals surface area contributed by atoms with E-state index in [0.29, 0.717) is 5.82 Å². The van der Waals surface area contributed by atoms with Crippen LogP contribution in [-0.4, -0.2) is 9.97 Å². The molecule has 0 aliphatic heterocycles. The highest BCUT2D eigenvalue weighted by molar-refractivity contribution is 5.90. The van der Waals surface area contributed by atoms with E-state index in [1.165, 1.54) is 0 Å². The highest BCUT2D eigenvalue weighted by Gasteiger charge is 2.08. The number of aromatic nitrogens is 2. The van der Waals surface area contributed by atoms with E-state index < -0.39 is 0 Å². The molecule has 3 rings (SSSR count). The van der Waals surface area contributed by atoms with E-state index >= 15 is 0 Å². The topological polar surface area (TPSA) is 51.8 Å². The maximum absolute atomic E-state index is 6.09. The summed E-state index contributed by atoms with van der Waals surface area (Å²) in [4.78, 5) is 9.00. The van der Waals surface area contributed by atoms with Crippen LogP contribution in [0.15, 0.2) is 42.5 Å². The van der Waals surface area contributed by atoms with Gasteiger partial charge < -0.3 is 5.73 Å². The molecule has 0 radical (unpaired) electrons. The molecule has 2 aromatic heterocycles. The Morgan fingerprint density at radius 1 is 0.947 bits per heavy atom. The van der Waals surface area contributed by atoms with Crippen LogP contribution in [0.1, 0.15) is 11.4 Å². The molecule has 0 saturated heterocycles. The number of aryl methyl sites for hydroxylation is 2. The van der Waals surface area contributed by atoms with Crippen molar-refractivity contribution in [2.75, 3.05) is 5.73 Å². The SMILES string of the molecule is Cc1cc2nc(N)c(-c3ccccc3)cc2c(C)n1. The molecule has 0 aliphatic carbocycles. The van der Waals surface area contributed by atoms with Crippen molar-refractivity contribution >= 4 is 16.7 Å². The fourth-order valence-corrected chi connectivity index (χ4v) is 2.35. The van der Waals surface area contributed by atoms with E-state index in [1.807, 2.05) is 50.2 Å². The van der Waals surface area contributed by atoms with Gasteiger partial charge in [0.2, 0.25) is 0 Å². The van der Waals surface area contributed by atoms with Crippen molar-refractivity contribution < 1.29 is 0 Å². The van der Waals surface area contributed by atoms with E-state index in [-0.39, 0.29) is 0 Å². The molecule has 0 atom stereocenters. The molecule has 3 aromatic rings. The van der Waals surface area contributed by atoms with E-state index in [4.69, 9.17) is 5.73 Å². The molecule has 19 heavy (non-hydrogen) atoms. The maximum Gasteiger partial charge on any atom is 0.132 e. The first-order chi connectivity index (χ1) is 9.15. The first kappa shape index (κ1) is 11.7. The van der Waals surface area contributed by atoms with Crippen molar-refractivity contribution in [2.24, 2.45) is 0 Å². The first-order valence-corrected chi connectivity index (χ1v) is 6.25. The lowest BCUT2D eigenvalue weighted by Crippen LogP contribution is -1.97. The van der Waals surface area contributed by atoms with Gasteiger partial charge in [0.25, 0.3) is 0 Å². The molecule has 0 aliphatic rings. The summed E-state index contributed by atoms with van der Waals surface area (Å²) in [5.41, 5.74) is 11.0. The molecule has 0 saturated carbocycles. The predicted octanol–water partition coefficient (Wildman–Crippen LogP) is 3.50. The zero-order valence-corrected chi connectivity index (χ0v) is 11.0. The summed E-state index contributed by atoms with van der Waals surface area (Å²) in [5, 5.41) is 1.05. The number of nitrogens with two attached hydrogens (primary N) is 1. The molecule has 3 nitrogen and oxygen atoms in total. The zero-order chi connectivity index (χ0) is 13.4. The number of hydrogen-bond donors (Lipinski definition) is 1. The van der Waals surface area contributed by atoms with Crippen LogP contribution in [0.25, 0.3) is 22.0 Å². The van der Waals surface area contributed by atoms with Gasteiger partial charge in [-0.3, -0.25) is 4.98 Å². The Morgan fingerprint density at radius 2 is 1.68 bits per heavy atom. The minimum Gasteiger partial charge on any atom is -0.383 e. The van der Waals surface area contributed by atoms with Crippen LogP contribution in [0.5, 0.6) is 0 Å². The summed E-state index contributed by atoms with van der Waals surface area (Å²) < 4.78 is 0. The number of rotatable bonds is 1. The molecule has 1 aromatic carbocycles. The number of hydrogen-bond acceptors (Lipinski definition) is 3. The second kappa shape index (κ2) is 4.35. The van der Waals surface area contributed by atoms with Gasteiger partial charge in [0.15, 0.2) is 0 Å². The molecule has 2 N–H and O–H groups in total. The van der Waals surface area contributed by atoms with E-state index in [0.717, 1.165) is 33.4 Å². The molecule has 0 spiro atoms. The van der Waals surface area contributed by atoms with Gasteiger partial charge in [-0.25, -0.2) is 4.98 Å². The second-order valence-electron chi connectivity index (χ2n) is 4.70. The number of nitrogens with zero attached hydrogens (tertiary/aromatic N) is 2. The van der Waals surface area contributed by atoms with Gasteiger partial charge in [0, 0.05) is 22.3 Å². The number of fused-ring (bicyclic) bond motifs is 1. The molecule has 0 amide bonds. The molecule has 94 valence electrons. The maximum atomic E-state index is 6.09. The van der Waals surface area contributed by atoms with Crippen LogP contribution in [0.3, 0.4) is 0 Å². The zero-order valence-electron chi connectivity index (χ0n) is 11.0. The standard InChI is InChI=1S/C16H15N3/c1-10-8-15-13(11(2)18-10)9-14(16(17)19-15)12-6-4-3-5-7-12/h3-9H,1-2H3,(H2,17,19). The summed E-state index contributed by atoms with van der Waals surface area (Å²) in [6.07, 6.45) is 0. The fraction of sp³-hybridized carbons (Fsp3) is 0.125. The molecule has 0 fully saturated rings. The molecular weight excluding hydrogens is 234 g/mol. The Morgan fingerprint density at radius 3 is 2.42 bits per heavy atom. The fourth-order valence-electron chi connectivity index (χ4n) is 2.35. The number of pyridine rings is 2. The van der Waals surface area contributed by atoms with E-state index in [2.05, 4.69) is 16.0 Å². The third-order valence-electron chi connectivity index (χ3n) is 3.25. The quantitative estimate of drug-likeness (QED) is 0.718. The molecule has 2 heterocycles. The van der Waals surface area contributed by atoms with Crippen LogP contribution in [0.4, 0.5) is 5.82 Å². The third-order valence-corrected chi connectivity index (χ3v) is 3.25. The van der Waals surface area contributed by atoms with Crippen molar-refractivity contribution in [2.45, 2.75) is 13.8 Å². The highest BCUT2D eigenvalue weighted by Crippen LogP contribution is 2.29. The van der Waals surface area contributed by atoms with Crippen molar-refractivity contribution in [3.63, 3.8) is 0 Å². The second-order valence-corrected chi connectivity index (χ2v) is 4.70. The lowest BCUT2D eigenvalue weighted by Gasteiger charge is -2.09. The van der Waals surface area contributed by atoms with Gasteiger partial charge in [-0.2, -0.15) is 0 Å². The van der Waals surface area contributed by atoms with Crippen LogP contribution >= 0.6 is 0 Å². The summed E-state index contributed by atoms with van der Waals surface area (Å²) in [6, 6.07) is 14.1. The first-order valence-electron chi connectivity index (χ1n) is 6.25. The summed E-state index contributed by atoms with van der Waals surface area (Å²) in [7, 11) is 0. The normalized spacial score (nSPS) is 10.8. The Balaban J connectivity index is 2.31. The van der Waals surface area contributed by atoms with Crippen molar-refractivity contribution in [3.8, 4) is 11.1 Å². The number of nitrogen functional groups attached to an aromatic ring is 1. The average molecular weight is 249 g/mol. The van der Waals surface area contributed by atoms with Gasteiger partial charge in [-0.05, 0) is 31.5 Å². The Hall–Kier alpha value is -2.42. The van der Waals surface area contributed by atoms with Crippen LogP contribution in [-0.2, 0) is 0 Å². The number of benzene rings is 1. The summed E-state index contributed by atoms with van der Waals surface area (Å²) >= 11 is 0. The predicted molar refractivity (Wildman–Crippen MR) is 78.9 cm³/mol. The third kappa shape index (κ3) is 2.03. The monoisotopic (exact) mass is 249 g/mol. The Labute approximate surface area is 112 Å². The molecule has 3 heteroatoms. The van der Waals surface area contributed by atoms with E-state index in [9.17, 15) is 0 Å². The van der Waals surface area contributed by atoms with Crippen LogP contribution < -0.4 is 5.73 Å². The minimum absolute atomic E-state index is 0.559. The lowest BCUT2D eigenvalue weighted by molar-refractivity contribution is 1.14. The van der Waals surface area contributed by atoms with Gasteiger partial charge in [0.05, 0.1) is 5.52 Å². The average Bonchev–Trinajstić information content (AvgIpc) is 2.38. The minimum atomic E-state index is 0.559. The van der Waals surface area contributed by atoms with Crippen molar-refractivity contribution in [1.82, 2.24) is 9.97 Å². The van der Waals surface area contributed by atoms with Gasteiger partial charge >= 0.3 is 0 Å². The van der Waals surface area contributed by atoms with Gasteiger partial charge in [-0.15, -0.1) is 0 Å². The van der Waals surface area contributed by atoms with Gasteiger partial charge in [0.1, 0.15) is 5.82 Å². The number of anilines is 1. The van der Waals surface area contributed by atoms with Gasteiger partial charge in [-0.1, -0.05) is 30.3 Å². The smallest absolute Gasteiger partial charge is 0.132 e. The summed E-state index contributed by atoms with van der Waals surface area (Å²) in [5.74, 6) is 0.559. The summed E-state index contributed by atoms with van der Waals surface area (Å²) in [6.45, 7) is 3.97. The largest absolute Gasteiger partial charge is 0.383 e. The Bertz CT molecular complexity index is 749. The lowest BCUT2D eigenvalue weighted by atomic mass is 10.0. The highest BCUT2D eigenvalue weighted by atomic mass is 14.8. The van der Waals surface area contributed by atoms with E-state index in [1.54, 1.807) is 0 Å². The molecular formula is C16H15N3. The van der Waals surface area contributed by atoms with Crippen molar-refractivity contribution in [3.05, 3.63) is 53.9 Å².